The maximum absolute atomic E-state index is 14.5. The molecule has 0 saturated carbocycles. The van der Waals surface area contributed by atoms with Crippen molar-refractivity contribution in [3.8, 4) is 0 Å². The highest BCUT2D eigenvalue weighted by atomic mass is 32.2. The first-order valence-corrected chi connectivity index (χ1v) is 11.8. The molecule has 1 aliphatic heterocycles. The maximum atomic E-state index is 14.5. The number of furan rings is 1. The molecular weight excluding hydrogens is 423 g/mol. The first-order valence-electron chi connectivity index (χ1n) is 10.3. The second-order valence-corrected chi connectivity index (χ2v) is 10.9. The predicted molar refractivity (Wildman–Crippen MR) is 112 cm³/mol. The molecule has 2 aromatic rings. The summed E-state index contributed by atoms with van der Waals surface area (Å²) < 4.78 is 52.7. The third-order valence-corrected chi connectivity index (χ3v) is 7.73. The Kier molecular flexibility index (Phi) is 5.70. The molecule has 1 aromatic carbocycles. The van der Waals surface area contributed by atoms with Crippen molar-refractivity contribution in [2.45, 2.75) is 44.6 Å². The van der Waals surface area contributed by atoms with Gasteiger partial charge in [-0.05, 0) is 43.0 Å². The van der Waals surface area contributed by atoms with Gasteiger partial charge in [-0.1, -0.05) is 13.8 Å². The Bertz CT molecular complexity index is 1100. The van der Waals surface area contributed by atoms with E-state index < -0.39 is 21.7 Å². The van der Waals surface area contributed by atoms with E-state index in [4.69, 9.17) is 9.15 Å². The number of nitrogens with one attached hydrogen (secondary N) is 1. The zero-order valence-electron chi connectivity index (χ0n) is 17.9. The molecule has 1 saturated heterocycles. The van der Waals surface area contributed by atoms with Gasteiger partial charge in [-0.25, -0.2) is 12.8 Å². The van der Waals surface area contributed by atoms with Gasteiger partial charge in [0, 0.05) is 25.1 Å². The number of ether oxygens (including phenoxy) is 1. The molecule has 4 rings (SSSR count). The molecule has 1 N–H and O–H groups in total. The number of halogens is 1. The number of benzene rings is 1. The van der Waals surface area contributed by atoms with Crippen LogP contribution in [-0.4, -0.2) is 44.9 Å². The van der Waals surface area contributed by atoms with E-state index in [1.54, 1.807) is 0 Å². The number of carbonyl (C=O) groups is 1. The molecule has 2 heterocycles. The summed E-state index contributed by atoms with van der Waals surface area (Å²) in [7, 11) is -3.84. The van der Waals surface area contributed by atoms with Crippen LogP contribution in [0.25, 0.3) is 0 Å². The minimum absolute atomic E-state index is 0.102. The number of fused-ring (bicyclic) bond motifs is 1. The van der Waals surface area contributed by atoms with Gasteiger partial charge in [0.15, 0.2) is 0 Å². The van der Waals surface area contributed by atoms with E-state index in [1.807, 2.05) is 13.0 Å². The van der Waals surface area contributed by atoms with Crippen molar-refractivity contribution in [1.82, 2.24) is 9.62 Å². The molecule has 0 radical (unpaired) electrons. The maximum Gasteiger partial charge on any atom is 0.254 e. The summed E-state index contributed by atoms with van der Waals surface area (Å²) in [5, 5.41) is 2.89. The van der Waals surface area contributed by atoms with Crippen LogP contribution in [0.15, 0.2) is 33.6 Å². The minimum atomic E-state index is -3.84. The Hall–Kier alpha value is -2.23. The summed E-state index contributed by atoms with van der Waals surface area (Å²) in [6.07, 6.45) is 1.42. The Labute approximate surface area is 181 Å². The largest absolute Gasteiger partial charge is 0.466 e. The van der Waals surface area contributed by atoms with Crippen LogP contribution in [-0.2, 0) is 21.2 Å². The van der Waals surface area contributed by atoms with Gasteiger partial charge in [0.2, 0.25) is 10.0 Å². The minimum Gasteiger partial charge on any atom is -0.466 e. The van der Waals surface area contributed by atoms with E-state index in [-0.39, 0.29) is 35.0 Å². The molecule has 1 unspecified atom stereocenters. The molecule has 1 aromatic heterocycles. The van der Waals surface area contributed by atoms with Crippen molar-refractivity contribution in [3.63, 3.8) is 0 Å². The van der Waals surface area contributed by atoms with Crippen LogP contribution in [0.1, 0.15) is 53.8 Å². The summed E-state index contributed by atoms with van der Waals surface area (Å²) in [6.45, 7) is 7.08. The fourth-order valence-electron chi connectivity index (χ4n) is 4.32. The lowest BCUT2D eigenvalue weighted by Crippen LogP contribution is -2.40. The van der Waals surface area contributed by atoms with Crippen molar-refractivity contribution in [2.24, 2.45) is 5.41 Å². The van der Waals surface area contributed by atoms with Gasteiger partial charge in [0.1, 0.15) is 17.3 Å². The van der Waals surface area contributed by atoms with Gasteiger partial charge < -0.3 is 14.5 Å². The van der Waals surface area contributed by atoms with Gasteiger partial charge >= 0.3 is 0 Å². The first kappa shape index (κ1) is 22.0. The fraction of sp³-hybridized carbons (Fsp3) is 0.500. The zero-order chi connectivity index (χ0) is 22.4. The SMILES string of the molecule is Cc1cc2c(o1)CC(C)(C)CC2NC(=O)c1cc(S(=O)(=O)N2CCOCC2)ccc1F. The number of morpholine rings is 1. The quantitative estimate of drug-likeness (QED) is 0.773. The molecule has 1 atom stereocenters. The molecule has 1 amide bonds. The number of rotatable bonds is 4. The predicted octanol–water partition coefficient (Wildman–Crippen LogP) is 3.19. The number of hydrogen-bond donors (Lipinski definition) is 1. The Morgan fingerprint density at radius 3 is 2.65 bits per heavy atom. The third kappa shape index (κ3) is 4.40. The number of aryl methyl sites for hydroxylation is 1. The summed E-state index contributed by atoms with van der Waals surface area (Å²) >= 11 is 0. The van der Waals surface area contributed by atoms with Gasteiger partial charge in [-0.2, -0.15) is 4.31 Å². The summed E-state index contributed by atoms with van der Waals surface area (Å²) in [4.78, 5) is 12.9. The summed E-state index contributed by atoms with van der Waals surface area (Å²) in [5.41, 5.74) is 0.497. The van der Waals surface area contributed by atoms with E-state index in [2.05, 4.69) is 19.2 Å². The number of nitrogens with zero attached hydrogens (tertiary/aromatic N) is 1. The van der Waals surface area contributed by atoms with E-state index in [1.165, 1.54) is 10.4 Å². The van der Waals surface area contributed by atoms with Gasteiger partial charge in [0.05, 0.1) is 29.7 Å². The van der Waals surface area contributed by atoms with Crippen molar-refractivity contribution in [3.05, 3.63) is 52.7 Å². The molecule has 1 aliphatic carbocycles. The molecule has 0 bridgehead atoms. The van der Waals surface area contributed by atoms with Crippen molar-refractivity contribution in [2.75, 3.05) is 26.3 Å². The molecule has 7 nitrogen and oxygen atoms in total. The monoisotopic (exact) mass is 450 g/mol. The topological polar surface area (TPSA) is 88.8 Å². The molecule has 9 heteroatoms. The standard InChI is InChI=1S/C22H27FN2O5S/c1-14-10-17-19(12-22(2,3)13-20(17)30-14)24-21(26)16-11-15(4-5-18(16)23)31(27,28)25-6-8-29-9-7-25/h4-5,10-11,19H,6-9,12-13H2,1-3H3,(H,24,26). The molecule has 0 spiro atoms. The molecular formula is C22H27FN2O5S. The summed E-state index contributed by atoms with van der Waals surface area (Å²) in [5.74, 6) is 0.163. The molecule has 1 fully saturated rings. The third-order valence-electron chi connectivity index (χ3n) is 5.83. The lowest BCUT2D eigenvalue weighted by Gasteiger charge is -2.34. The number of hydrogen-bond acceptors (Lipinski definition) is 5. The second kappa shape index (κ2) is 8.03. The first-order chi connectivity index (χ1) is 14.6. The van der Waals surface area contributed by atoms with Crippen molar-refractivity contribution in [1.29, 1.82) is 0 Å². The Morgan fingerprint density at radius 1 is 1.23 bits per heavy atom. The van der Waals surface area contributed by atoms with Crippen molar-refractivity contribution >= 4 is 15.9 Å². The highest BCUT2D eigenvalue weighted by Crippen LogP contribution is 2.42. The normalized spacial score (nSPS) is 21.5. The second-order valence-electron chi connectivity index (χ2n) is 8.96. The molecule has 2 aliphatic rings. The van der Waals surface area contributed by atoms with E-state index in [9.17, 15) is 17.6 Å². The van der Waals surface area contributed by atoms with Gasteiger partial charge in [-0.15, -0.1) is 0 Å². The number of sulfonamides is 1. The lowest BCUT2D eigenvalue weighted by atomic mass is 9.74. The Balaban J connectivity index is 1.61. The van der Waals surface area contributed by atoms with Crippen LogP contribution in [0.4, 0.5) is 4.39 Å². The van der Waals surface area contributed by atoms with E-state index >= 15 is 0 Å². The molecule has 31 heavy (non-hydrogen) atoms. The highest BCUT2D eigenvalue weighted by Gasteiger charge is 2.36. The fourth-order valence-corrected chi connectivity index (χ4v) is 5.76. The van der Waals surface area contributed by atoms with Crippen LogP contribution in [0.2, 0.25) is 0 Å². The number of amides is 1. The average Bonchev–Trinajstić information content (AvgIpc) is 3.07. The number of carbonyl (C=O) groups excluding carboxylic acids is 1. The molecule has 168 valence electrons. The van der Waals surface area contributed by atoms with Crippen LogP contribution in [0.3, 0.4) is 0 Å². The average molecular weight is 451 g/mol. The van der Waals surface area contributed by atoms with Gasteiger partial charge in [0.25, 0.3) is 5.91 Å². The van der Waals surface area contributed by atoms with E-state index in [0.717, 1.165) is 35.6 Å². The highest BCUT2D eigenvalue weighted by molar-refractivity contribution is 7.89. The van der Waals surface area contributed by atoms with Crippen molar-refractivity contribution < 1.29 is 26.8 Å². The van der Waals surface area contributed by atoms with Gasteiger partial charge in [-0.3, -0.25) is 4.79 Å². The lowest BCUT2D eigenvalue weighted by molar-refractivity contribution is 0.0730. The van der Waals surface area contributed by atoms with E-state index in [0.29, 0.717) is 19.6 Å². The zero-order valence-corrected chi connectivity index (χ0v) is 18.7. The smallest absolute Gasteiger partial charge is 0.254 e. The summed E-state index contributed by atoms with van der Waals surface area (Å²) in [6, 6.07) is 4.89. The Morgan fingerprint density at radius 2 is 1.94 bits per heavy atom. The van der Waals surface area contributed by atoms with Crippen LogP contribution in [0, 0.1) is 18.2 Å². The van der Waals surface area contributed by atoms with Crippen LogP contribution in [0.5, 0.6) is 0 Å². The van der Waals surface area contributed by atoms with Crippen LogP contribution < -0.4 is 5.32 Å². The van der Waals surface area contributed by atoms with Crippen LogP contribution >= 0.6 is 0 Å².